The zero-order valence-corrected chi connectivity index (χ0v) is 12.4. The Balaban J connectivity index is 1.66. The summed E-state index contributed by atoms with van der Waals surface area (Å²) < 4.78 is 0. The predicted molar refractivity (Wildman–Crippen MR) is 84.0 cm³/mol. The second-order valence-electron chi connectivity index (χ2n) is 6.65. The second-order valence-corrected chi connectivity index (χ2v) is 6.65. The normalized spacial score (nSPS) is 30.7. The number of rotatable bonds is 2. The number of benzene rings is 1. The summed E-state index contributed by atoms with van der Waals surface area (Å²) in [6, 6.07) is 11.5. The van der Waals surface area contributed by atoms with E-state index < -0.39 is 0 Å². The Morgan fingerprint density at radius 1 is 1.14 bits per heavy atom. The van der Waals surface area contributed by atoms with Gasteiger partial charge in [-0.25, -0.2) is 0 Å². The monoisotopic (exact) mass is 282 g/mol. The van der Waals surface area contributed by atoms with Crippen molar-refractivity contribution in [2.45, 2.75) is 43.9 Å². The number of hydrogen-bond donors (Lipinski definition) is 1. The molecular weight excluding hydrogens is 260 g/mol. The molecule has 2 aliphatic rings. The average Bonchev–Trinajstić information content (AvgIpc) is 2.75. The van der Waals surface area contributed by atoms with Gasteiger partial charge in [0.15, 0.2) is 0 Å². The highest BCUT2D eigenvalue weighted by Crippen LogP contribution is 2.43. The number of aliphatic hydroxyl groups is 1. The van der Waals surface area contributed by atoms with Crippen LogP contribution in [0.25, 0.3) is 10.9 Å². The molecule has 1 aromatic heterocycles. The quantitative estimate of drug-likeness (QED) is 0.919. The lowest BCUT2D eigenvalue weighted by Gasteiger charge is -2.38. The van der Waals surface area contributed by atoms with Crippen LogP contribution in [0.1, 0.15) is 37.4 Å². The number of hydrogen-bond acceptors (Lipinski definition) is 3. The molecule has 3 nitrogen and oxygen atoms in total. The van der Waals surface area contributed by atoms with Crippen LogP contribution in [0.15, 0.2) is 36.5 Å². The van der Waals surface area contributed by atoms with Crippen LogP contribution >= 0.6 is 0 Å². The van der Waals surface area contributed by atoms with E-state index in [4.69, 9.17) is 0 Å². The molecule has 2 aliphatic heterocycles. The molecule has 3 heteroatoms. The molecule has 1 aromatic carbocycles. The fourth-order valence-electron chi connectivity index (χ4n) is 4.33. The van der Waals surface area contributed by atoms with Gasteiger partial charge in [0.1, 0.15) is 0 Å². The van der Waals surface area contributed by atoms with Crippen LogP contribution in [0.3, 0.4) is 0 Å². The molecule has 0 saturated carbocycles. The molecule has 2 bridgehead atoms. The van der Waals surface area contributed by atoms with Gasteiger partial charge in [-0.3, -0.25) is 4.98 Å². The zero-order valence-electron chi connectivity index (χ0n) is 12.4. The molecule has 2 saturated heterocycles. The summed E-state index contributed by atoms with van der Waals surface area (Å²) in [4.78, 5) is 7.01. The van der Waals surface area contributed by atoms with Crippen molar-refractivity contribution >= 4 is 10.9 Å². The summed E-state index contributed by atoms with van der Waals surface area (Å²) in [5.74, 6) is 0.367. The number of aliphatic hydroxyl groups excluding tert-OH is 1. The largest absolute Gasteiger partial charge is 0.388 e. The third kappa shape index (κ3) is 2.16. The molecule has 3 heterocycles. The Labute approximate surface area is 125 Å². The summed E-state index contributed by atoms with van der Waals surface area (Å²) in [5, 5.41) is 12.1. The van der Waals surface area contributed by atoms with Crippen molar-refractivity contribution < 1.29 is 5.11 Å². The minimum Gasteiger partial charge on any atom is -0.388 e. The first-order valence-corrected chi connectivity index (χ1v) is 7.97. The minimum atomic E-state index is -0.389. The minimum absolute atomic E-state index is 0.367. The third-order valence-corrected chi connectivity index (χ3v) is 5.56. The van der Waals surface area contributed by atoms with Crippen molar-refractivity contribution in [1.29, 1.82) is 0 Å². The van der Waals surface area contributed by atoms with Crippen molar-refractivity contribution in [3.05, 3.63) is 42.1 Å². The van der Waals surface area contributed by atoms with E-state index in [9.17, 15) is 5.11 Å². The molecule has 0 radical (unpaired) electrons. The predicted octanol–water partition coefficient (Wildman–Crippen LogP) is 3.14. The van der Waals surface area contributed by atoms with Crippen molar-refractivity contribution in [2.75, 3.05) is 7.05 Å². The molecule has 3 atom stereocenters. The van der Waals surface area contributed by atoms with Gasteiger partial charge in [-0.15, -0.1) is 0 Å². The van der Waals surface area contributed by atoms with Crippen LogP contribution in [-0.2, 0) is 0 Å². The highest BCUT2D eigenvalue weighted by atomic mass is 16.3. The molecule has 1 N–H and O–H groups in total. The van der Waals surface area contributed by atoms with Gasteiger partial charge in [0, 0.05) is 29.2 Å². The molecule has 110 valence electrons. The highest BCUT2D eigenvalue weighted by molar-refractivity contribution is 5.81. The fourth-order valence-corrected chi connectivity index (χ4v) is 4.33. The Kier molecular flexibility index (Phi) is 3.20. The number of piperidine rings is 1. The van der Waals surface area contributed by atoms with Crippen LogP contribution < -0.4 is 0 Å². The lowest BCUT2D eigenvalue weighted by Crippen LogP contribution is -2.41. The van der Waals surface area contributed by atoms with E-state index in [1.54, 1.807) is 0 Å². The molecule has 0 aliphatic carbocycles. The second kappa shape index (κ2) is 5.08. The lowest BCUT2D eigenvalue weighted by atomic mass is 9.83. The lowest BCUT2D eigenvalue weighted by molar-refractivity contribution is 0.0363. The summed E-state index contributed by atoms with van der Waals surface area (Å²) in [7, 11) is 2.24. The first kappa shape index (κ1) is 13.2. The number of aromatic nitrogens is 1. The van der Waals surface area contributed by atoms with E-state index >= 15 is 0 Å². The van der Waals surface area contributed by atoms with Crippen molar-refractivity contribution in [3.8, 4) is 0 Å². The summed E-state index contributed by atoms with van der Waals surface area (Å²) in [6.07, 6.45) is 6.22. The topological polar surface area (TPSA) is 36.4 Å². The molecular formula is C18H22N2O. The summed E-state index contributed by atoms with van der Waals surface area (Å²) in [6.45, 7) is 0. The van der Waals surface area contributed by atoms with Gasteiger partial charge in [0.2, 0.25) is 0 Å². The van der Waals surface area contributed by atoms with Gasteiger partial charge in [-0.1, -0.05) is 24.3 Å². The fraction of sp³-hybridized carbons (Fsp3) is 0.500. The van der Waals surface area contributed by atoms with Crippen molar-refractivity contribution in [1.82, 2.24) is 9.88 Å². The number of fused-ring (bicyclic) bond motifs is 3. The molecule has 0 spiro atoms. The Morgan fingerprint density at radius 2 is 1.86 bits per heavy atom. The molecule has 2 fully saturated rings. The van der Waals surface area contributed by atoms with Gasteiger partial charge < -0.3 is 10.0 Å². The van der Waals surface area contributed by atoms with E-state index in [-0.39, 0.29) is 6.10 Å². The zero-order chi connectivity index (χ0) is 14.4. The van der Waals surface area contributed by atoms with Crippen molar-refractivity contribution in [3.63, 3.8) is 0 Å². The maximum atomic E-state index is 10.9. The highest BCUT2D eigenvalue weighted by Gasteiger charge is 2.41. The molecule has 21 heavy (non-hydrogen) atoms. The van der Waals surface area contributed by atoms with E-state index in [1.807, 2.05) is 24.4 Å². The van der Waals surface area contributed by atoms with Crippen LogP contribution in [-0.4, -0.2) is 34.1 Å². The van der Waals surface area contributed by atoms with Gasteiger partial charge in [-0.2, -0.15) is 0 Å². The van der Waals surface area contributed by atoms with Crippen LogP contribution in [0.4, 0.5) is 0 Å². The standard InChI is InChI=1S/C18H22N2O/c1-20-14-7-8-15(20)11-13(10-14)18(21)16-6-2-4-12-5-3-9-19-17(12)16/h2-6,9,13-15,18,21H,7-8,10-11H2,1H3. The average molecular weight is 282 g/mol. The van der Waals surface area contributed by atoms with Gasteiger partial charge >= 0.3 is 0 Å². The van der Waals surface area contributed by atoms with Crippen LogP contribution in [0.2, 0.25) is 0 Å². The molecule has 2 aromatic rings. The van der Waals surface area contributed by atoms with E-state index in [0.29, 0.717) is 18.0 Å². The van der Waals surface area contributed by atoms with Gasteiger partial charge in [-0.05, 0) is 44.7 Å². The number of para-hydroxylation sites is 1. The summed E-state index contributed by atoms with van der Waals surface area (Å²) in [5.41, 5.74) is 1.96. The molecule has 3 unspecified atom stereocenters. The van der Waals surface area contributed by atoms with E-state index in [1.165, 1.54) is 12.8 Å². The van der Waals surface area contributed by atoms with Gasteiger partial charge in [0.05, 0.1) is 11.6 Å². The van der Waals surface area contributed by atoms with Crippen molar-refractivity contribution in [2.24, 2.45) is 5.92 Å². The maximum absolute atomic E-state index is 10.9. The van der Waals surface area contributed by atoms with E-state index in [0.717, 1.165) is 29.3 Å². The number of pyridine rings is 1. The van der Waals surface area contributed by atoms with Gasteiger partial charge in [0.25, 0.3) is 0 Å². The first-order chi connectivity index (χ1) is 10.2. The maximum Gasteiger partial charge on any atom is 0.0840 e. The van der Waals surface area contributed by atoms with Crippen LogP contribution in [0.5, 0.6) is 0 Å². The molecule has 0 amide bonds. The Hall–Kier alpha value is -1.45. The molecule has 4 rings (SSSR count). The van der Waals surface area contributed by atoms with Crippen LogP contribution in [0, 0.1) is 5.92 Å². The third-order valence-electron chi connectivity index (χ3n) is 5.56. The first-order valence-electron chi connectivity index (χ1n) is 7.97. The smallest absolute Gasteiger partial charge is 0.0840 e. The Bertz CT molecular complexity index is 637. The Morgan fingerprint density at radius 3 is 2.62 bits per heavy atom. The summed E-state index contributed by atoms with van der Waals surface area (Å²) >= 11 is 0. The number of nitrogens with zero attached hydrogens (tertiary/aromatic N) is 2. The SMILES string of the molecule is CN1C2CCC1CC(C(O)c1cccc3cccnc13)C2. The van der Waals surface area contributed by atoms with E-state index in [2.05, 4.69) is 29.1 Å².